The molecule has 0 aromatic heterocycles. The lowest BCUT2D eigenvalue weighted by molar-refractivity contribution is 0.0578. The molecule has 1 N–H and O–H groups in total. The third-order valence-corrected chi connectivity index (χ3v) is 2.61. The van der Waals surface area contributed by atoms with Crippen LogP contribution in [0.15, 0.2) is 37.8 Å². The summed E-state index contributed by atoms with van der Waals surface area (Å²) >= 11 is 0. The third-order valence-electron chi connectivity index (χ3n) is 2.61. The SMILES string of the molecule is C=COC(=O)c1cc(C(=O)O)c(C(=O)OC)cc1C(=O)OC=C. The second-order valence-electron chi connectivity index (χ2n) is 3.88. The predicted octanol–water partition coefficient (Wildman–Crippen LogP) is 1.77. The number of carboxylic acids is 1. The molecule has 0 aliphatic heterocycles. The van der Waals surface area contributed by atoms with Gasteiger partial charge in [0, 0.05) is 0 Å². The van der Waals surface area contributed by atoms with Crippen LogP contribution < -0.4 is 0 Å². The average Bonchev–Trinajstić information content (AvgIpc) is 2.53. The summed E-state index contributed by atoms with van der Waals surface area (Å²) in [7, 11) is 1.04. The van der Waals surface area contributed by atoms with E-state index < -0.39 is 40.6 Å². The second-order valence-corrected chi connectivity index (χ2v) is 3.88. The molecule has 1 rings (SSSR count). The Morgan fingerprint density at radius 2 is 1.26 bits per heavy atom. The maximum absolute atomic E-state index is 11.9. The number of methoxy groups -OCH3 is 1. The lowest BCUT2D eigenvalue weighted by Crippen LogP contribution is -2.17. The van der Waals surface area contributed by atoms with Gasteiger partial charge in [-0.15, -0.1) is 0 Å². The molecule has 0 heterocycles. The fourth-order valence-corrected chi connectivity index (χ4v) is 1.67. The van der Waals surface area contributed by atoms with Crippen LogP contribution in [0.3, 0.4) is 0 Å². The number of rotatable bonds is 6. The van der Waals surface area contributed by atoms with Crippen LogP contribution in [0.25, 0.3) is 0 Å². The Labute approximate surface area is 130 Å². The molecule has 8 heteroatoms. The molecule has 0 saturated carbocycles. The van der Waals surface area contributed by atoms with E-state index in [4.69, 9.17) is 5.11 Å². The normalized spacial score (nSPS) is 9.43. The van der Waals surface area contributed by atoms with Gasteiger partial charge in [-0.05, 0) is 12.1 Å². The first-order chi connectivity index (χ1) is 10.9. The van der Waals surface area contributed by atoms with Crippen LogP contribution in [0.5, 0.6) is 0 Å². The van der Waals surface area contributed by atoms with Crippen LogP contribution in [0.4, 0.5) is 0 Å². The Kier molecular flexibility index (Phi) is 5.79. The monoisotopic (exact) mass is 320 g/mol. The van der Waals surface area contributed by atoms with Crippen molar-refractivity contribution in [3.8, 4) is 0 Å². The van der Waals surface area contributed by atoms with Gasteiger partial charge < -0.3 is 19.3 Å². The van der Waals surface area contributed by atoms with E-state index >= 15 is 0 Å². The standard InChI is InChI=1S/C15H12O8/c1-4-22-14(19)10-6-8(12(16)17)9(13(18)21-3)7-11(10)15(20)23-5-2/h4-7H,1-2H2,3H3,(H,16,17). The van der Waals surface area contributed by atoms with Crippen molar-refractivity contribution in [3.63, 3.8) is 0 Å². The zero-order valence-corrected chi connectivity index (χ0v) is 12.0. The molecule has 120 valence electrons. The minimum atomic E-state index is -1.50. The fourth-order valence-electron chi connectivity index (χ4n) is 1.67. The Balaban J connectivity index is 3.68. The number of esters is 3. The summed E-state index contributed by atoms with van der Waals surface area (Å²) in [6, 6.07) is 1.70. The lowest BCUT2D eigenvalue weighted by atomic mass is 9.98. The molecule has 0 radical (unpaired) electrons. The number of hydrogen-bond donors (Lipinski definition) is 1. The summed E-state index contributed by atoms with van der Waals surface area (Å²) in [6.07, 6.45) is 1.62. The number of benzene rings is 1. The van der Waals surface area contributed by atoms with E-state index in [0.717, 1.165) is 31.8 Å². The van der Waals surface area contributed by atoms with E-state index in [-0.39, 0.29) is 5.56 Å². The number of aromatic carboxylic acids is 1. The van der Waals surface area contributed by atoms with Crippen LogP contribution in [0.2, 0.25) is 0 Å². The highest BCUT2D eigenvalue weighted by atomic mass is 16.5. The van der Waals surface area contributed by atoms with Crippen molar-refractivity contribution >= 4 is 23.9 Å². The lowest BCUT2D eigenvalue weighted by Gasteiger charge is -2.11. The number of ether oxygens (including phenoxy) is 3. The van der Waals surface area contributed by atoms with Crippen LogP contribution >= 0.6 is 0 Å². The van der Waals surface area contributed by atoms with Crippen molar-refractivity contribution in [3.05, 3.63) is 60.1 Å². The van der Waals surface area contributed by atoms with E-state index in [1.807, 2.05) is 0 Å². The first kappa shape index (κ1) is 17.6. The highest BCUT2D eigenvalue weighted by Gasteiger charge is 2.27. The summed E-state index contributed by atoms with van der Waals surface area (Å²) in [4.78, 5) is 46.7. The average molecular weight is 320 g/mol. The first-order valence-corrected chi connectivity index (χ1v) is 6.00. The number of hydrogen-bond acceptors (Lipinski definition) is 7. The Hall–Kier alpha value is -3.42. The van der Waals surface area contributed by atoms with Gasteiger partial charge in [-0.25, -0.2) is 19.2 Å². The van der Waals surface area contributed by atoms with Crippen LogP contribution in [0, 0.1) is 0 Å². The van der Waals surface area contributed by atoms with E-state index in [9.17, 15) is 19.2 Å². The Bertz CT molecular complexity index is 702. The second kappa shape index (κ2) is 7.55. The molecule has 1 aromatic rings. The van der Waals surface area contributed by atoms with Gasteiger partial charge >= 0.3 is 23.9 Å². The summed E-state index contributed by atoms with van der Waals surface area (Å²) < 4.78 is 13.6. The van der Waals surface area contributed by atoms with Crippen LogP contribution in [0.1, 0.15) is 41.4 Å². The maximum Gasteiger partial charge on any atom is 0.343 e. The Morgan fingerprint density at radius 3 is 1.61 bits per heavy atom. The zero-order valence-electron chi connectivity index (χ0n) is 12.0. The van der Waals surface area contributed by atoms with Gasteiger partial charge in [0.1, 0.15) is 0 Å². The van der Waals surface area contributed by atoms with Crippen LogP contribution in [-0.4, -0.2) is 36.1 Å². The summed E-state index contributed by atoms with van der Waals surface area (Å²) in [5.74, 6) is -4.58. The van der Waals surface area contributed by atoms with Gasteiger partial charge in [0.15, 0.2) is 0 Å². The summed E-state index contributed by atoms with van der Waals surface area (Å²) in [5, 5.41) is 9.17. The molecule has 8 nitrogen and oxygen atoms in total. The largest absolute Gasteiger partial charge is 0.478 e. The minimum Gasteiger partial charge on any atom is -0.478 e. The molecular weight excluding hydrogens is 308 g/mol. The molecule has 0 saturated heterocycles. The summed E-state index contributed by atoms with van der Waals surface area (Å²) in [6.45, 7) is 6.38. The summed E-state index contributed by atoms with van der Waals surface area (Å²) in [5.41, 5.74) is -1.77. The van der Waals surface area contributed by atoms with E-state index in [1.54, 1.807) is 0 Å². The Morgan fingerprint density at radius 1 is 0.870 bits per heavy atom. The zero-order chi connectivity index (χ0) is 17.6. The van der Waals surface area contributed by atoms with Crippen molar-refractivity contribution < 1.29 is 38.5 Å². The van der Waals surface area contributed by atoms with Gasteiger partial charge in [0.25, 0.3) is 0 Å². The van der Waals surface area contributed by atoms with Crippen molar-refractivity contribution in [1.29, 1.82) is 0 Å². The van der Waals surface area contributed by atoms with Crippen molar-refractivity contribution in [2.24, 2.45) is 0 Å². The molecule has 0 fully saturated rings. The maximum atomic E-state index is 11.9. The van der Waals surface area contributed by atoms with E-state index in [1.165, 1.54) is 0 Å². The molecule has 0 spiro atoms. The van der Waals surface area contributed by atoms with Gasteiger partial charge in [0.05, 0.1) is 41.9 Å². The van der Waals surface area contributed by atoms with Crippen molar-refractivity contribution in [1.82, 2.24) is 0 Å². The van der Waals surface area contributed by atoms with Crippen molar-refractivity contribution in [2.45, 2.75) is 0 Å². The molecule has 0 bridgehead atoms. The molecule has 0 unspecified atom stereocenters. The van der Waals surface area contributed by atoms with Gasteiger partial charge in [-0.2, -0.15) is 0 Å². The smallest absolute Gasteiger partial charge is 0.343 e. The highest BCUT2D eigenvalue weighted by Crippen LogP contribution is 2.21. The topological polar surface area (TPSA) is 116 Å². The quantitative estimate of drug-likeness (QED) is 0.479. The number of carbonyl (C=O) groups excluding carboxylic acids is 3. The van der Waals surface area contributed by atoms with Crippen molar-refractivity contribution in [2.75, 3.05) is 7.11 Å². The first-order valence-electron chi connectivity index (χ1n) is 6.00. The van der Waals surface area contributed by atoms with Gasteiger partial charge in [-0.3, -0.25) is 0 Å². The van der Waals surface area contributed by atoms with Gasteiger partial charge in [0.2, 0.25) is 0 Å². The molecule has 0 amide bonds. The fraction of sp³-hybridized carbons (Fsp3) is 0.0667. The highest BCUT2D eigenvalue weighted by molar-refractivity contribution is 6.10. The molecular formula is C15H12O8. The van der Waals surface area contributed by atoms with Gasteiger partial charge in [-0.1, -0.05) is 13.2 Å². The van der Waals surface area contributed by atoms with E-state index in [2.05, 4.69) is 27.4 Å². The molecule has 23 heavy (non-hydrogen) atoms. The molecule has 0 aliphatic carbocycles. The predicted molar refractivity (Wildman–Crippen MR) is 76.0 cm³/mol. The number of carbonyl (C=O) groups is 4. The molecule has 0 aliphatic rings. The molecule has 1 aromatic carbocycles. The number of carboxylic acid groups (broad SMARTS) is 1. The van der Waals surface area contributed by atoms with Crippen LogP contribution in [-0.2, 0) is 14.2 Å². The molecule has 0 atom stereocenters. The third kappa shape index (κ3) is 3.82. The van der Waals surface area contributed by atoms with E-state index in [0.29, 0.717) is 0 Å². The minimum absolute atomic E-state index is 0.387.